The van der Waals surface area contributed by atoms with Crippen LogP contribution in [0.15, 0.2) is 53.9 Å². The summed E-state index contributed by atoms with van der Waals surface area (Å²) >= 11 is 0. The molecular weight excluding hydrogens is 379 g/mol. The average molecular weight is 417 g/mol. The van der Waals surface area contributed by atoms with E-state index in [1.807, 2.05) is 29.2 Å². The second-order valence-corrected chi connectivity index (χ2v) is 9.53. The molecule has 1 unspecified atom stereocenters. The monoisotopic (exact) mass is 416 g/mol. The van der Waals surface area contributed by atoms with Gasteiger partial charge in [-0.1, -0.05) is 69.7 Å². The predicted molar refractivity (Wildman–Crippen MR) is 120 cm³/mol. The first-order valence-corrected chi connectivity index (χ1v) is 10.9. The van der Waals surface area contributed by atoms with E-state index in [1.165, 1.54) is 11.1 Å². The number of halogens is 1. The van der Waals surface area contributed by atoms with E-state index in [0.29, 0.717) is 18.9 Å². The Bertz CT molecular complexity index is 771. The Morgan fingerprint density at radius 3 is 2.47 bits per heavy atom. The molecular formula is C25H37FN2O2. The van der Waals surface area contributed by atoms with E-state index in [0.717, 1.165) is 25.9 Å². The number of amides is 1. The molecule has 2 aliphatic rings. The maximum Gasteiger partial charge on any atom is 0.239 e. The zero-order valence-corrected chi connectivity index (χ0v) is 18.7. The zero-order valence-electron chi connectivity index (χ0n) is 18.7. The van der Waals surface area contributed by atoms with Gasteiger partial charge in [-0.05, 0) is 41.7 Å². The molecule has 1 saturated heterocycles. The van der Waals surface area contributed by atoms with Gasteiger partial charge >= 0.3 is 0 Å². The molecule has 1 heterocycles. The third kappa shape index (κ3) is 5.79. The normalized spacial score (nSPS) is 22.1. The molecule has 1 aromatic carbocycles. The molecule has 0 aromatic heterocycles. The van der Waals surface area contributed by atoms with Crippen LogP contribution >= 0.6 is 0 Å². The first kappa shape index (κ1) is 24.3. The molecule has 5 heteroatoms. The maximum atomic E-state index is 13.4. The van der Waals surface area contributed by atoms with Crippen LogP contribution in [0.1, 0.15) is 52.5 Å². The fourth-order valence-corrected chi connectivity index (χ4v) is 4.78. The number of piperidine rings is 1. The van der Waals surface area contributed by atoms with E-state index in [9.17, 15) is 9.18 Å². The summed E-state index contributed by atoms with van der Waals surface area (Å²) in [4.78, 5) is 15.4. The van der Waals surface area contributed by atoms with E-state index in [4.69, 9.17) is 0 Å². The summed E-state index contributed by atoms with van der Waals surface area (Å²) in [5.74, 6) is 0.807. The number of allylic oxidation sites excluding steroid dienone is 4. The van der Waals surface area contributed by atoms with Crippen molar-refractivity contribution >= 4 is 5.91 Å². The van der Waals surface area contributed by atoms with Crippen molar-refractivity contribution in [3.05, 3.63) is 59.4 Å². The van der Waals surface area contributed by atoms with E-state index in [1.54, 1.807) is 6.08 Å². The van der Waals surface area contributed by atoms with Crippen LogP contribution in [0, 0.1) is 17.3 Å². The van der Waals surface area contributed by atoms with Gasteiger partial charge in [-0.2, -0.15) is 0 Å². The largest absolute Gasteiger partial charge is 0.412 e. The SMILES string of the molecule is CC(C)[C@@H](NCc1ccccc1)C(=O)N1CCC(C2=CC=C(F)CC2)C(C)(C)C1.O. The second kappa shape index (κ2) is 10.4. The van der Waals surface area contributed by atoms with Gasteiger partial charge in [-0.15, -0.1) is 0 Å². The van der Waals surface area contributed by atoms with E-state index >= 15 is 0 Å². The third-order valence-electron chi connectivity index (χ3n) is 6.42. The van der Waals surface area contributed by atoms with Crippen molar-refractivity contribution in [1.29, 1.82) is 0 Å². The van der Waals surface area contributed by atoms with Crippen molar-refractivity contribution in [3.63, 3.8) is 0 Å². The molecule has 0 spiro atoms. The minimum atomic E-state index is -0.187. The summed E-state index contributed by atoms with van der Waals surface area (Å²) in [6.45, 7) is 10.9. The Hall–Kier alpha value is -1.98. The lowest BCUT2D eigenvalue weighted by molar-refractivity contribution is -0.138. The number of rotatable bonds is 6. The van der Waals surface area contributed by atoms with Crippen molar-refractivity contribution in [2.45, 2.75) is 59.5 Å². The first-order chi connectivity index (χ1) is 13.8. The Balaban J connectivity index is 0.00000320. The number of hydrogen-bond donors (Lipinski definition) is 1. The summed E-state index contributed by atoms with van der Waals surface area (Å²) < 4.78 is 13.4. The lowest BCUT2D eigenvalue weighted by atomic mass is 9.68. The Morgan fingerprint density at radius 2 is 1.90 bits per heavy atom. The Labute approximate surface area is 180 Å². The average Bonchev–Trinajstić information content (AvgIpc) is 2.68. The Morgan fingerprint density at radius 1 is 1.20 bits per heavy atom. The van der Waals surface area contributed by atoms with Gasteiger partial charge in [-0.25, -0.2) is 4.39 Å². The highest BCUT2D eigenvalue weighted by Crippen LogP contribution is 2.42. The molecule has 3 N–H and O–H groups in total. The predicted octanol–water partition coefficient (Wildman–Crippen LogP) is 4.42. The standard InChI is InChI=1S/C25H35FN2O.H2O/c1-18(2)23(27-16-19-8-6-5-7-9-19)24(29)28-15-14-22(25(3,4)17-28)20-10-12-21(26)13-11-20;/h5-10,12,18,22-23,27H,11,13-17H2,1-4H3;1H2/t22?,23-;/m1./s1. The topological polar surface area (TPSA) is 63.8 Å². The van der Waals surface area contributed by atoms with Gasteiger partial charge in [-0.3, -0.25) is 4.79 Å². The summed E-state index contributed by atoms with van der Waals surface area (Å²) in [7, 11) is 0. The van der Waals surface area contributed by atoms with Crippen LogP contribution in [0.2, 0.25) is 0 Å². The number of carbonyl (C=O) groups excluding carboxylic acids is 1. The van der Waals surface area contributed by atoms with Gasteiger partial charge in [0.15, 0.2) is 0 Å². The lowest BCUT2D eigenvalue weighted by Crippen LogP contribution is -2.55. The fraction of sp³-hybridized carbons (Fsp3) is 0.560. The highest BCUT2D eigenvalue weighted by molar-refractivity contribution is 5.82. The minimum absolute atomic E-state index is 0. The molecule has 0 bridgehead atoms. The van der Waals surface area contributed by atoms with Gasteiger partial charge in [0, 0.05) is 26.1 Å². The van der Waals surface area contributed by atoms with E-state index in [-0.39, 0.29) is 34.6 Å². The van der Waals surface area contributed by atoms with Crippen molar-refractivity contribution in [2.24, 2.45) is 17.3 Å². The molecule has 2 atom stereocenters. The molecule has 166 valence electrons. The van der Waals surface area contributed by atoms with Crippen LogP contribution in [0.3, 0.4) is 0 Å². The van der Waals surface area contributed by atoms with Gasteiger partial charge in [0.1, 0.15) is 5.83 Å². The van der Waals surface area contributed by atoms with Crippen molar-refractivity contribution in [2.75, 3.05) is 13.1 Å². The van der Waals surface area contributed by atoms with Gasteiger partial charge in [0.25, 0.3) is 0 Å². The smallest absolute Gasteiger partial charge is 0.239 e. The molecule has 0 saturated carbocycles. The van der Waals surface area contributed by atoms with Crippen LogP contribution in [0.5, 0.6) is 0 Å². The molecule has 1 aliphatic heterocycles. The van der Waals surface area contributed by atoms with E-state index < -0.39 is 0 Å². The molecule has 1 amide bonds. The van der Waals surface area contributed by atoms with E-state index in [2.05, 4.69) is 45.1 Å². The summed E-state index contributed by atoms with van der Waals surface area (Å²) in [6.07, 6.45) is 5.86. The summed E-state index contributed by atoms with van der Waals surface area (Å²) in [5, 5.41) is 3.49. The number of nitrogens with zero attached hydrogens (tertiary/aromatic N) is 1. The molecule has 1 aromatic rings. The summed E-state index contributed by atoms with van der Waals surface area (Å²) in [5.41, 5.74) is 2.52. The fourth-order valence-electron chi connectivity index (χ4n) is 4.78. The first-order valence-electron chi connectivity index (χ1n) is 10.9. The number of likely N-dealkylation sites (tertiary alicyclic amines) is 1. The highest BCUT2D eigenvalue weighted by Gasteiger charge is 2.41. The van der Waals surface area contributed by atoms with Crippen molar-refractivity contribution in [3.8, 4) is 0 Å². The van der Waals surface area contributed by atoms with Crippen molar-refractivity contribution < 1.29 is 14.7 Å². The maximum absolute atomic E-state index is 13.4. The lowest BCUT2D eigenvalue weighted by Gasteiger charge is -2.46. The third-order valence-corrected chi connectivity index (χ3v) is 6.42. The number of nitrogens with one attached hydrogen (secondary N) is 1. The summed E-state index contributed by atoms with van der Waals surface area (Å²) in [6, 6.07) is 10.0. The van der Waals surface area contributed by atoms with Crippen LogP contribution in [-0.4, -0.2) is 35.4 Å². The van der Waals surface area contributed by atoms with Crippen LogP contribution in [0.4, 0.5) is 4.39 Å². The Kier molecular flexibility index (Phi) is 8.39. The number of benzene rings is 1. The van der Waals surface area contributed by atoms with Crippen LogP contribution < -0.4 is 5.32 Å². The van der Waals surface area contributed by atoms with Crippen LogP contribution in [-0.2, 0) is 11.3 Å². The number of carbonyl (C=O) groups is 1. The molecule has 30 heavy (non-hydrogen) atoms. The molecule has 4 nitrogen and oxygen atoms in total. The van der Waals surface area contributed by atoms with Crippen LogP contribution in [0.25, 0.3) is 0 Å². The molecule has 0 radical (unpaired) electrons. The molecule has 3 rings (SSSR count). The van der Waals surface area contributed by atoms with Gasteiger partial charge in [0.05, 0.1) is 6.04 Å². The highest BCUT2D eigenvalue weighted by atomic mass is 19.1. The second-order valence-electron chi connectivity index (χ2n) is 9.53. The molecule has 1 aliphatic carbocycles. The quantitative estimate of drug-likeness (QED) is 0.746. The van der Waals surface area contributed by atoms with Crippen molar-refractivity contribution in [1.82, 2.24) is 10.2 Å². The van der Waals surface area contributed by atoms with Gasteiger partial charge < -0.3 is 15.7 Å². The van der Waals surface area contributed by atoms with Gasteiger partial charge in [0.2, 0.25) is 5.91 Å². The number of hydrogen-bond acceptors (Lipinski definition) is 2. The minimum Gasteiger partial charge on any atom is -0.412 e. The zero-order chi connectivity index (χ0) is 21.0. The molecule has 1 fully saturated rings.